The molecular formula is C17H18F3N3O2. The van der Waals surface area contributed by atoms with Gasteiger partial charge in [0.2, 0.25) is 5.91 Å². The van der Waals surface area contributed by atoms with Crippen LogP contribution in [0, 0.1) is 5.92 Å². The minimum Gasteiger partial charge on any atom is -0.381 e. The third kappa shape index (κ3) is 4.60. The Morgan fingerprint density at radius 3 is 2.72 bits per heavy atom. The van der Waals surface area contributed by atoms with Crippen molar-refractivity contribution in [1.29, 1.82) is 0 Å². The van der Waals surface area contributed by atoms with Crippen molar-refractivity contribution in [2.45, 2.75) is 19.1 Å². The highest BCUT2D eigenvalue weighted by Gasteiger charge is 2.36. The lowest BCUT2D eigenvalue weighted by molar-refractivity contribution is -0.165. The highest BCUT2D eigenvalue weighted by atomic mass is 19.4. The zero-order chi connectivity index (χ0) is 17.9. The number of aromatic nitrogens is 2. The summed E-state index contributed by atoms with van der Waals surface area (Å²) >= 11 is 0. The summed E-state index contributed by atoms with van der Waals surface area (Å²) in [5.41, 5.74) is 1.28. The predicted octanol–water partition coefficient (Wildman–Crippen LogP) is 3.00. The van der Waals surface area contributed by atoms with Crippen LogP contribution in [0.5, 0.6) is 0 Å². The average molecular weight is 353 g/mol. The van der Waals surface area contributed by atoms with E-state index in [2.05, 4.69) is 9.97 Å². The number of imidazole rings is 1. The third-order valence-electron chi connectivity index (χ3n) is 4.00. The molecule has 0 bridgehead atoms. The van der Waals surface area contributed by atoms with E-state index >= 15 is 0 Å². The summed E-state index contributed by atoms with van der Waals surface area (Å²) in [6.07, 6.45) is -2.55. The summed E-state index contributed by atoms with van der Waals surface area (Å²) in [5, 5.41) is 0. The first kappa shape index (κ1) is 17.5. The molecule has 0 saturated carbocycles. The van der Waals surface area contributed by atoms with Crippen LogP contribution in [0.25, 0.3) is 11.4 Å². The van der Waals surface area contributed by atoms with Gasteiger partial charge >= 0.3 is 6.18 Å². The molecule has 1 saturated heterocycles. The maximum Gasteiger partial charge on any atom is 0.406 e. The smallest absolute Gasteiger partial charge is 0.381 e. The van der Waals surface area contributed by atoms with Crippen molar-refractivity contribution in [2.24, 2.45) is 5.92 Å². The number of nitrogens with one attached hydrogen (secondary N) is 1. The first-order valence-corrected chi connectivity index (χ1v) is 7.95. The molecule has 1 fully saturated rings. The van der Waals surface area contributed by atoms with Crippen LogP contribution in [0.4, 0.5) is 13.2 Å². The lowest BCUT2D eigenvalue weighted by atomic mass is 10.1. The van der Waals surface area contributed by atoms with Gasteiger partial charge in [-0.05, 0) is 6.42 Å². The molecule has 1 aliphatic rings. The Morgan fingerprint density at radius 1 is 1.32 bits per heavy atom. The van der Waals surface area contributed by atoms with E-state index < -0.39 is 24.5 Å². The van der Waals surface area contributed by atoms with Crippen LogP contribution < -0.4 is 0 Å². The predicted molar refractivity (Wildman–Crippen MR) is 84.4 cm³/mol. The number of hydrogen-bond acceptors (Lipinski definition) is 3. The van der Waals surface area contributed by atoms with Crippen molar-refractivity contribution in [3.63, 3.8) is 0 Å². The fourth-order valence-electron chi connectivity index (χ4n) is 2.80. The number of halogens is 3. The van der Waals surface area contributed by atoms with Gasteiger partial charge in [-0.1, -0.05) is 30.3 Å². The van der Waals surface area contributed by atoms with Crippen LogP contribution >= 0.6 is 0 Å². The van der Waals surface area contributed by atoms with E-state index in [9.17, 15) is 18.0 Å². The number of nitrogens with zero attached hydrogens (tertiary/aromatic N) is 2. The summed E-state index contributed by atoms with van der Waals surface area (Å²) < 4.78 is 43.7. The normalized spacial score (nSPS) is 17.6. The van der Waals surface area contributed by atoms with Crippen LogP contribution in [-0.4, -0.2) is 46.7 Å². The van der Waals surface area contributed by atoms with Crippen molar-refractivity contribution in [2.75, 3.05) is 19.8 Å². The van der Waals surface area contributed by atoms with Gasteiger partial charge in [-0.15, -0.1) is 0 Å². The molecule has 0 unspecified atom stereocenters. The molecule has 5 nitrogen and oxygen atoms in total. The van der Waals surface area contributed by atoms with Crippen LogP contribution in [0.2, 0.25) is 0 Å². The highest BCUT2D eigenvalue weighted by Crippen LogP contribution is 2.23. The summed E-state index contributed by atoms with van der Waals surface area (Å²) in [4.78, 5) is 20.4. The van der Waals surface area contributed by atoms with Crippen LogP contribution in [0.1, 0.15) is 12.1 Å². The molecule has 1 aromatic carbocycles. The number of aromatic amines is 1. The van der Waals surface area contributed by atoms with Crippen molar-refractivity contribution >= 4 is 5.91 Å². The topological polar surface area (TPSA) is 58.2 Å². The second-order valence-electron chi connectivity index (χ2n) is 5.99. The van der Waals surface area contributed by atoms with Crippen molar-refractivity contribution < 1.29 is 22.7 Å². The van der Waals surface area contributed by atoms with Gasteiger partial charge in [0.1, 0.15) is 12.4 Å². The lowest BCUT2D eigenvalue weighted by Crippen LogP contribution is -2.42. The molecule has 8 heteroatoms. The molecule has 0 spiro atoms. The molecule has 0 aliphatic carbocycles. The average Bonchev–Trinajstić information content (AvgIpc) is 3.25. The van der Waals surface area contributed by atoms with E-state index in [4.69, 9.17) is 4.74 Å². The van der Waals surface area contributed by atoms with Crippen molar-refractivity contribution in [3.05, 3.63) is 42.2 Å². The van der Waals surface area contributed by atoms with Gasteiger partial charge in [0, 0.05) is 12.2 Å². The maximum absolute atomic E-state index is 12.9. The number of H-pyrrole nitrogens is 1. The second kappa shape index (κ2) is 7.26. The highest BCUT2D eigenvalue weighted by molar-refractivity contribution is 5.79. The van der Waals surface area contributed by atoms with E-state index in [1.54, 1.807) is 0 Å². The molecule has 3 rings (SSSR count). The Morgan fingerprint density at radius 2 is 2.08 bits per heavy atom. The van der Waals surface area contributed by atoms with Crippen LogP contribution in [-0.2, 0) is 16.1 Å². The number of carbonyl (C=O) groups is 1. The van der Waals surface area contributed by atoms with Gasteiger partial charge in [-0.2, -0.15) is 13.2 Å². The first-order valence-electron chi connectivity index (χ1n) is 7.95. The van der Waals surface area contributed by atoms with Gasteiger partial charge in [0.15, 0.2) is 0 Å². The Labute approximate surface area is 142 Å². The molecule has 1 amide bonds. The Balaban J connectivity index is 1.75. The Hall–Kier alpha value is -2.35. The SMILES string of the molecule is O=C([C@@H]1CCOC1)N(Cc1cnc(-c2ccccc2)[nH]1)CC(F)(F)F. The Bertz CT molecular complexity index is 709. The quantitative estimate of drug-likeness (QED) is 0.899. The van der Waals surface area contributed by atoms with Crippen molar-refractivity contribution in [1.82, 2.24) is 14.9 Å². The number of carbonyl (C=O) groups excluding carboxylic acids is 1. The van der Waals surface area contributed by atoms with E-state index in [0.29, 0.717) is 24.5 Å². The van der Waals surface area contributed by atoms with Crippen LogP contribution in [0.15, 0.2) is 36.5 Å². The zero-order valence-corrected chi connectivity index (χ0v) is 13.4. The summed E-state index contributed by atoms with van der Waals surface area (Å²) in [7, 11) is 0. The van der Waals surface area contributed by atoms with Crippen LogP contribution in [0.3, 0.4) is 0 Å². The van der Waals surface area contributed by atoms with Crippen molar-refractivity contribution in [3.8, 4) is 11.4 Å². The van der Waals surface area contributed by atoms with E-state index in [0.717, 1.165) is 10.5 Å². The summed E-state index contributed by atoms with van der Waals surface area (Å²) in [6.45, 7) is -0.888. The molecule has 2 aromatic rings. The van der Waals surface area contributed by atoms with Gasteiger partial charge in [0.05, 0.1) is 31.0 Å². The molecule has 25 heavy (non-hydrogen) atoms. The first-order chi connectivity index (χ1) is 11.9. The number of rotatable bonds is 5. The largest absolute Gasteiger partial charge is 0.406 e. The number of hydrogen-bond donors (Lipinski definition) is 1. The summed E-state index contributed by atoms with van der Waals surface area (Å²) in [6, 6.07) is 9.24. The molecule has 1 aromatic heterocycles. The van der Waals surface area contributed by atoms with Gasteiger partial charge in [-0.3, -0.25) is 4.79 Å². The molecule has 0 radical (unpaired) electrons. The molecule has 1 N–H and O–H groups in total. The zero-order valence-electron chi connectivity index (χ0n) is 13.4. The summed E-state index contributed by atoms with van der Waals surface area (Å²) in [5.74, 6) is -0.497. The Kier molecular flexibility index (Phi) is 5.08. The van der Waals surface area contributed by atoms with Gasteiger partial charge in [-0.25, -0.2) is 4.98 Å². The molecule has 134 valence electrons. The monoisotopic (exact) mass is 353 g/mol. The van der Waals surface area contributed by atoms with Gasteiger partial charge < -0.3 is 14.6 Å². The lowest BCUT2D eigenvalue weighted by Gasteiger charge is -2.25. The molecule has 1 atom stereocenters. The number of benzene rings is 1. The van der Waals surface area contributed by atoms with Gasteiger partial charge in [0.25, 0.3) is 0 Å². The number of alkyl halides is 3. The minimum atomic E-state index is -4.46. The standard InChI is InChI=1S/C17H18F3N3O2/c18-17(19,20)11-23(16(24)13-6-7-25-10-13)9-14-8-21-15(22-14)12-4-2-1-3-5-12/h1-5,8,13H,6-7,9-11H2,(H,21,22)/t13-/m1/s1. The molecular weight excluding hydrogens is 335 g/mol. The third-order valence-corrected chi connectivity index (χ3v) is 4.00. The minimum absolute atomic E-state index is 0.172. The van der Waals surface area contributed by atoms with E-state index in [-0.39, 0.29) is 13.2 Å². The van der Waals surface area contributed by atoms with E-state index in [1.165, 1.54) is 6.20 Å². The fourth-order valence-corrected chi connectivity index (χ4v) is 2.80. The van der Waals surface area contributed by atoms with E-state index in [1.807, 2.05) is 30.3 Å². The second-order valence-corrected chi connectivity index (χ2v) is 5.99. The number of ether oxygens (including phenoxy) is 1. The molecule has 2 heterocycles. The number of amides is 1. The fraction of sp³-hybridized carbons (Fsp3) is 0.412. The maximum atomic E-state index is 12.9. The molecule has 1 aliphatic heterocycles.